The van der Waals surface area contributed by atoms with E-state index in [0.29, 0.717) is 11.5 Å². The lowest BCUT2D eigenvalue weighted by molar-refractivity contribution is 0.190. The average molecular weight is 281 g/mol. The van der Waals surface area contributed by atoms with Gasteiger partial charge in [0.1, 0.15) is 0 Å². The first-order valence-corrected chi connectivity index (χ1v) is 8.44. The van der Waals surface area contributed by atoms with Crippen LogP contribution in [0.4, 0.5) is 0 Å². The van der Waals surface area contributed by atoms with Gasteiger partial charge in [0.2, 0.25) is 0 Å². The summed E-state index contributed by atoms with van der Waals surface area (Å²) >= 11 is 1.78. The van der Waals surface area contributed by atoms with Crippen LogP contribution in [0.1, 0.15) is 51.0 Å². The topological polar surface area (TPSA) is 28.2 Å². The van der Waals surface area contributed by atoms with Crippen LogP contribution in [0.15, 0.2) is 11.6 Å². The van der Waals surface area contributed by atoms with Gasteiger partial charge in [0.05, 0.1) is 5.01 Å². The molecule has 2 rings (SSSR count). The Morgan fingerprint density at radius 3 is 2.89 bits per heavy atom. The number of thiazole rings is 1. The largest absolute Gasteiger partial charge is 0.310 e. The van der Waals surface area contributed by atoms with Crippen LogP contribution in [0.3, 0.4) is 0 Å². The molecule has 1 aliphatic rings. The van der Waals surface area contributed by atoms with Crippen molar-refractivity contribution in [2.45, 2.75) is 51.5 Å². The number of rotatable bonds is 5. The van der Waals surface area contributed by atoms with E-state index in [0.717, 1.165) is 13.1 Å². The molecule has 1 saturated heterocycles. The van der Waals surface area contributed by atoms with E-state index in [2.05, 4.69) is 41.4 Å². The molecule has 2 heterocycles. The number of aromatic nitrogens is 1. The summed E-state index contributed by atoms with van der Waals surface area (Å²) < 4.78 is 0. The Morgan fingerprint density at radius 2 is 2.26 bits per heavy atom. The molecule has 0 amide bonds. The van der Waals surface area contributed by atoms with Gasteiger partial charge in [-0.2, -0.15) is 0 Å². The number of nitrogens with one attached hydrogen (secondary N) is 1. The third-order valence-corrected chi connectivity index (χ3v) is 5.44. The molecule has 3 nitrogen and oxygen atoms in total. The third-order valence-electron chi connectivity index (χ3n) is 4.44. The minimum absolute atomic E-state index is 0.319. The molecular formula is C15H27N3S. The zero-order valence-corrected chi connectivity index (χ0v) is 13.3. The number of hydrogen-bond acceptors (Lipinski definition) is 4. The molecule has 1 unspecified atom stereocenters. The first kappa shape index (κ1) is 14.9. The van der Waals surface area contributed by atoms with Crippen molar-refractivity contribution in [2.75, 3.05) is 26.2 Å². The fourth-order valence-corrected chi connectivity index (χ4v) is 3.73. The van der Waals surface area contributed by atoms with Gasteiger partial charge < -0.3 is 10.2 Å². The highest BCUT2D eigenvalue weighted by molar-refractivity contribution is 7.09. The van der Waals surface area contributed by atoms with Crippen LogP contribution in [0.2, 0.25) is 0 Å². The van der Waals surface area contributed by atoms with Crippen molar-refractivity contribution in [3.05, 3.63) is 16.6 Å². The van der Waals surface area contributed by atoms with Gasteiger partial charge in [-0.05, 0) is 32.4 Å². The quantitative estimate of drug-likeness (QED) is 0.899. The Kier molecular flexibility index (Phi) is 5.37. The molecule has 0 radical (unpaired) electrons. The van der Waals surface area contributed by atoms with E-state index < -0.39 is 0 Å². The van der Waals surface area contributed by atoms with Gasteiger partial charge in [0.15, 0.2) is 0 Å². The maximum Gasteiger partial charge on any atom is 0.0965 e. The Hall–Kier alpha value is -0.450. The summed E-state index contributed by atoms with van der Waals surface area (Å²) in [5, 5.41) is 7.13. The summed E-state index contributed by atoms with van der Waals surface area (Å²) in [6.45, 7) is 11.6. The van der Waals surface area contributed by atoms with Crippen LogP contribution in [-0.2, 0) is 0 Å². The third kappa shape index (κ3) is 3.77. The van der Waals surface area contributed by atoms with E-state index in [1.54, 1.807) is 11.3 Å². The van der Waals surface area contributed by atoms with E-state index in [1.165, 1.54) is 37.4 Å². The van der Waals surface area contributed by atoms with Crippen LogP contribution < -0.4 is 5.32 Å². The molecule has 0 aromatic carbocycles. The Balaban J connectivity index is 1.98. The predicted molar refractivity (Wildman–Crippen MR) is 82.9 cm³/mol. The molecule has 19 heavy (non-hydrogen) atoms. The second-order valence-electron chi connectivity index (χ2n) is 5.77. The molecule has 0 bridgehead atoms. The van der Waals surface area contributed by atoms with E-state index in [1.807, 2.05) is 6.20 Å². The molecule has 108 valence electrons. The normalized spacial score (nSPS) is 22.1. The van der Waals surface area contributed by atoms with Gasteiger partial charge in [-0.15, -0.1) is 11.3 Å². The highest BCUT2D eigenvalue weighted by atomic mass is 32.1. The van der Waals surface area contributed by atoms with Crippen LogP contribution in [-0.4, -0.2) is 41.6 Å². The van der Waals surface area contributed by atoms with Gasteiger partial charge in [-0.3, -0.25) is 0 Å². The molecule has 1 N–H and O–H groups in total. The first-order chi connectivity index (χ1) is 9.19. The summed E-state index contributed by atoms with van der Waals surface area (Å²) in [6.07, 6.45) is 5.60. The summed E-state index contributed by atoms with van der Waals surface area (Å²) in [4.78, 5) is 7.10. The zero-order chi connectivity index (χ0) is 13.7. The van der Waals surface area contributed by atoms with Gasteiger partial charge in [-0.1, -0.05) is 20.8 Å². The van der Waals surface area contributed by atoms with Crippen LogP contribution in [0.25, 0.3) is 0 Å². The summed E-state index contributed by atoms with van der Waals surface area (Å²) in [5.74, 6) is 0.546. The summed E-state index contributed by atoms with van der Waals surface area (Å²) in [7, 11) is 0. The van der Waals surface area contributed by atoms with Crippen LogP contribution in [0.5, 0.6) is 0 Å². The zero-order valence-electron chi connectivity index (χ0n) is 12.5. The Morgan fingerprint density at radius 1 is 1.47 bits per heavy atom. The van der Waals surface area contributed by atoms with E-state index >= 15 is 0 Å². The summed E-state index contributed by atoms with van der Waals surface area (Å²) in [6, 6.07) is 0. The van der Waals surface area contributed by atoms with E-state index in [9.17, 15) is 0 Å². The standard InChI is InChI=1S/C15H27N3S/c1-4-15(5-2)12-18(9-6-7-17-15)11-13(3)14-16-8-10-19-14/h8,10,13,17H,4-7,9,11-12H2,1-3H3. The maximum atomic E-state index is 4.46. The predicted octanol–water partition coefficient (Wildman–Crippen LogP) is 3.10. The molecule has 4 heteroatoms. The fourth-order valence-electron chi connectivity index (χ4n) is 3.04. The van der Waals surface area contributed by atoms with E-state index in [4.69, 9.17) is 0 Å². The first-order valence-electron chi connectivity index (χ1n) is 7.56. The van der Waals surface area contributed by atoms with Crippen molar-refractivity contribution in [3.8, 4) is 0 Å². The molecule has 0 saturated carbocycles. The highest BCUT2D eigenvalue weighted by Gasteiger charge is 2.30. The van der Waals surface area contributed by atoms with Gasteiger partial charge in [-0.25, -0.2) is 4.98 Å². The van der Waals surface area contributed by atoms with Crippen molar-refractivity contribution < 1.29 is 0 Å². The number of hydrogen-bond donors (Lipinski definition) is 1. The fraction of sp³-hybridized carbons (Fsp3) is 0.800. The molecule has 1 aromatic heterocycles. The second-order valence-corrected chi connectivity index (χ2v) is 6.70. The second kappa shape index (κ2) is 6.82. The molecule has 1 atom stereocenters. The lowest BCUT2D eigenvalue weighted by Gasteiger charge is -2.36. The van der Waals surface area contributed by atoms with Gasteiger partial charge in [0.25, 0.3) is 0 Å². The van der Waals surface area contributed by atoms with Crippen molar-refractivity contribution in [1.29, 1.82) is 0 Å². The summed E-state index contributed by atoms with van der Waals surface area (Å²) in [5.41, 5.74) is 0.319. The molecule has 1 aromatic rings. The minimum atomic E-state index is 0.319. The van der Waals surface area contributed by atoms with Crippen molar-refractivity contribution >= 4 is 11.3 Å². The molecule has 0 aliphatic carbocycles. The SMILES string of the molecule is CCC1(CC)CN(CC(C)c2nccs2)CCCN1. The molecule has 1 aliphatic heterocycles. The Bertz CT molecular complexity index is 359. The van der Waals surface area contributed by atoms with Crippen molar-refractivity contribution in [1.82, 2.24) is 15.2 Å². The van der Waals surface area contributed by atoms with E-state index in [-0.39, 0.29) is 0 Å². The monoisotopic (exact) mass is 281 g/mol. The minimum Gasteiger partial charge on any atom is -0.310 e. The van der Waals surface area contributed by atoms with Crippen LogP contribution in [0, 0.1) is 0 Å². The molecule has 1 fully saturated rings. The lowest BCUT2D eigenvalue weighted by Crippen LogP contribution is -2.51. The van der Waals surface area contributed by atoms with Gasteiger partial charge in [0, 0.05) is 36.1 Å². The van der Waals surface area contributed by atoms with Crippen molar-refractivity contribution in [3.63, 3.8) is 0 Å². The Labute approximate surface area is 121 Å². The van der Waals surface area contributed by atoms with Crippen LogP contribution >= 0.6 is 11.3 Å². The number of nitrogens with zero attached hydrogens (tertiary/aromatic N) is 2. The van der Waals surface area contributed by atoms with Gasteiger partial charge >= 0.3 is 0 Å². The smallest absolute Gasteiger partial charge is 0.0965 e. The molecular weight excluding hydrogens is 254 g/mol. The highest BCUT2D eigenvalue weighted by Crippen LogP contribution is 2.23. The molecule has 0 spiro atoms. The maximum absolute atomic E-state index is 4.46. The lowest BCUT2D eigenvalue weighted by atomic mass is 9.92. The van der Waals surface area contributed by atoms with Crippen molar-refractivity contribution in [2.24, 2.45) is 0 Å². The average Bonchev–Trinajstić information content (AvgIpc) is 2.88.